The minimum Gasteiger partial charge on any atom is -0.493 e. The molecule has 1 aromatic carbocycles. The van der Waals surface area contributed by atoms with Crippen LogP contribution in [0.4, 0.5) is 0 Å². The standard InChI is InChI=1S/C18H25N3O5/c1-5-11(2)19-16(22)7-6-8-21-17(23)12-9-14(25-3)15(26-4)10-13(12)20-18(21)24/h9-11H,5-8H2,1-4H3,(H,19,22)(H,20,24)/t11-/m1/s1. The summed E-state index contributed by atoms with van der Waals surface area (Å²) in [5, 5.41) is 3.19. The molecule has 1 heterocycles. The molecule has 0 unspecified atom stereocenters. The molecule has 1 amide bonds. The van der Waals surface area contributed by atoms with Gasteiger partial charge in [-0.1, -0.05) is 6.92 Å². The Labute approximate surface area is 151 Å². The highest BCUT2D eigenvalue weighted by Crippen LogP contribution is 2.29. The number of carbonyl (C=O) groups excluding carboxylic acids is 1. The van der Waals surface area contributed by atoms with E-state index in [-0.39, 0.29) is 24.9 Å². The second-order valence-corrected chi connectivity index (χ2v) is 6.12. The molecular weight excluding hydrogens is 338 g/mol. The Morgan fingerprint density at radius 3 is 2.50 bits per heavy atom. The van der Waals surface area contributed by atoms with Crippen molar-refractivity contribution in [3.63, 3.8) is 0 Å². The summed E-state index contributed by atoms with van der Waals surface area (Å²) in [7, 11) is 2.96. The lowest BCUT2D eigenvalue weighted by Crippen LogP contribution is -2.36. The summed E-state index contributed by atoms with van der Waals surface area (Å²) in [6, 6.07) is 3.20. The van der Waals surface area contributed by atoms with Gasteiger partial charge in [-0.3, -0.25) is 14.2 Å². The number of nitrogens with one attached hydrogen (secondary N) is 2. The number of benzene rings is 1. The maximum absolute atomic E-state index is 12.7. The third kappa shape index (κ3) is 4.25. The Morgan fingerprint density at radius 2 is 1.88 bits per heavy atom. The second-order valence-electron chi connectivity index (χ2n) is 6.12. The molecule has 8 heteroatoms. The lowest BCUT2D eigenvalue weighted by Gasteiger charge is -2.12. The molecule has 0 fully saturated rings. The van der Waals surface area contributed by atoms with Gasteiger partial charge in [0.15, 0.2) is 11.5 Å². The van der Waals surface area contributed by atoms with E-state index in [4.69, 9.17) is 9.47 Å². The van der Waals surface area contributed by atoms with E-state index in [9.17, 15) is 14.4 Å². The van der Waals surface area contributed by atoms with Crippen LogP contribution in [-0.2, 0) is 11.3 Å². The van der Waals surface area contributed by atoms with Gasteiger partial charge in [-0.15, -0.1) is 0 Å². The molecule has 2 aromatic rings. The summed E-state index contributed by atoms with van der Waals surface area (Å²) in [4.78, 5) is 39.4. The zero-order valence-electron chi connectivity index (χ0n) is 15.5. The normalized spacial score (nSPS) is 12.0. The van der Waals surface area contributed by atoms with E-state index in [2.05, 4.69) is 10.3 Å². The Balaban J connectivity index is 2.24. The first-order valence-corrected chi connectivity index (χ1v) is 8.59. The third-order valence-electron chi connectivity index (χ3n) is 4.29. The summed E-state index contributed by atoms with van der Waals surface area (Å²) in [5.74, 6) is 0.745. The van der Waals surface area contributed by atoms with Crippen molar-refractivity contribution in [3.05, 3.63) is 33.0 Å². The molecular formula is C18H25N3O5. The fourth-order valence-electron chi connectivity index (χ4n) is 2.63. The van der Waals surface area contributed by atoms with E-state index in [1.165, 1.54) is 14.2 Å². The van der Waals surface area contributed by atoms with Crippen molar-refractivity contribution in [2.75, 3.05) is 14.2 Å². The molecule has 0 radical (unpaired) electrons. The lowest BCUT2D eigenvalue weighted by molar-refractivity contribution is -0.121. The largest absolute Gasteiger partial charge is 0.493 e. The molecule has 0 saturated carbocycles. The van der Waals surface area contributed by atoms with Crippen LogP contribution in [0.15, 0.2) is 21.7 Å². The molecule has 0 saturated heterocycles. The van der Waals surface area contributed by atoms with Gasteiger partial charge in [0.1, 0.15) is 0 Å². The van der Waals surface area contributed by atoms with Gasteiger partial charge in [-0.25, -0.2) is 4.79 Å². The minimum atomic E-state index is -0.517. The molecule has 0 spiro atoms. The maximum Gasteiger partial charge on any atom is 0.328 e. The maximum atomic E-state index is 12.7. The highest BCUT2D eigenvalue weighted by molar-refractivity contribution is 5.81. The number of hydrogen-bond donors (Lipinski definition) is 2. The third-order valence-corrected chi connectivity index (χ3v) is 4.29. The summed E-state index contributed by atoms with van der Waals surface area (Å²) < 4.78 is 11.5. The lowest BCUT2D eigenvalue weighted by atomic mass is 10.2. The minimum absolute atomic E-state index is 0.0870. The number of ether oxygens (including phenoxy) is 2. The highest BCUT2D eigenvalue weighted by atomic mass is 16.5. The number of fused-ring (bicyclic) bond motifs is 1. The molecule has 0 aliphatic heterocycles. The molecule has 2 rings (SSSR count). The van der Waals surface area contributed by atoms with E-state index in [1.807, 2.05) is 13.8 Å². The number of hydrogen-bond acceptors (Lipinski definition) is 5. The van der Waals surface area contributed by atoms with Crippen LogP contribution in [0.25, 0.3) is 10.9 Å². The smallest absolute Gasteiger partial charge is 0.328 e. The SMILES string of the molecule is CC[C@@H](C)NC(=O)CCCn1c(=O)[nH]c2cc(OC)c(OC)cc2c1=O. The van der Waals surface area contributed by atoms with Gasteiger partial charge >= 0.3 is 5.69 Å². The van der Waals surface area contributed by atoms with Crippen LogP contribution < -0.4 is 26.0 Å². The van der Waals surface area contributed by atoms with Gasteiger partial charge < -0.3 is 19.8 Å². The summed E-state index contributed by atoms with van der Waals surface area (Å²) in [6.45, 7) is 4.08. The number of nitrogens with zero attached hydrogens (tertiary/aromatic N) is 1. The van der Waals surface area contributed by atoms with Crippen molar-refractivity contribution in [3.8, 4) is 11.5 Å². The van der Waals surface area contributed by atoms with Crippen LogP contribution in [0.2, 0.25) is 0 Å². The van der Waals surface area contributed by atoms with E-state index in [0.29, 0.717) is 28.8 Å². The first-order valence-electron chi connectivity index (χ1n) is 8.59. The first kappa shape index (κ1) is 19.6. The van der Waals surface area contributed by atoms with E-state index >= 15 is 0 Å². The van der Waals surface area contributed by atoms with Crippen LogP contribution in [0, 0.1) is 0 Å². The van der Waals surface area contributed by atoms with Gasteiger partial charge in [0.2, 0.25) is 5.91 Å². The average molecular weight is 363 g/mol. The summed E-state index contributed by atoms with van der Waals surface area (Å²) in [6.07, 6.45) is 1.49. The Kier molecular flexibility index (Phi) is 6.43. The van der Waals surface area contributed by atoms with Crippen molar-refractivity contribution < 1.29 is 14.3 Å². The zero-order chi connectivity index (χ0) is 19.3. The zero-order valence-corrected chi connectivity index (χ0v) is 15.5. The number of rotatable bonds is 8. The van der Waals surface area contributed by atoms with Gasteiger partial charge in [0.25, 0.3) is 5.56 Å². The fraction of sp³-hybridized carbons (Fsp3) is 0.500. The monoisotopic (exact) mass is 363 g/mol. The quantitative estimate of drug-likeness (QED) is 0.738. The van der Waals surface area contributed by atoms with Crippen molar-refractivity contribution >= 4 is 16.8 Å². The molecule has 142 valence electrons. The van der Waals surface area contributed by atoms with Crippen molar-refractivity contribution in [2.45, 2.75) is 45.7 Å². The van der Waals surface area contributed by atoms with Crippen molar-refractivity contribution in [1.82, 2.24) is 14.9 Å². The molecule has 8 nitrogen and oxygen atoms in total. The molecule has 26 heavy (non-hydrogen) atoms. The molecule has 0 aliphatic rings. The summed E-state index contributed by atoms with van der Waals surface area (Å²) >= 11 is 0. The van der Waals surface area contributed by atoms with Crippen LogP contribution in [0.3, 0.4) is 0 Å². The number of carbonyl (C=O) groups is 1. The highest BCUT2D eigenvalue weighted by Gasteiger charge is 2.13. The van der Waals surface area contributed by atoms with Gasteiger partial charge in [0.05, 0.1) is 25.1 Å². The van der Waals surface area contributed by atoms with Gasteiger partial charge in [-0.05, 0) is 25.8 Å². The number of aromatic nitrogens is 2. The number of H-pyrrole nitrogens is 1. The van der Waals surface area contributed by atoms with Gasteiger partial charge in [0, 0.05) is 25.1 Å². The number of aromatic amines is 1. The second kappa shape index (κ2) is 8.55. The Bertz CT molecular complexity index is 900. The molecule has 1 aromatic heterocycles. The molecule has 2 N–H and O–H groups in total. The fourth-order valence-corrected chi connectivity index (χ4v) is 2.63. The molecule has 1 atom stereocenters. The molecule has 0 bridgehead atoms. The van der Waals surface area contributed by atoms with Crippen molar-refractivity contribution in [2.24, 2.45) is 0 Å². The Morgan fingerprint density at radius 1 is 1.23 bits per heavy atom. The van der Waals surface area contributed by atoms with E-state index in [0.717, 1.165) is 11.0 Å². The number of amides is 1. The Hall–Kier alpha value is -2.77. The van der Waals surface area contributed by atoms with Crippen LogP contribution in [0.5, 0.6) is 11.5 Å². The predicted octanol–water partition coefficient (Wildman–Crippen LogP) is 1.40. The average Bonchev–Trinajstić information content (AvgIpc) is 2.63. The van der Waals surface area contributed by atoms with E-state index in [1.54, 1.807) is 12.1 Å². The predicted molar refractivity (Wildman–Crippen MR) is 99.1 cm³/mol. The van der Waals surface area contributed by atoms with Crippen LogP contribution in [0.1, 0.15) is 33.1 Å². The summed E-state index contributed by atoms with van der Waals surface area (Å²) in [5.41, 5.74) is -0.562. The van der Waals surface area contributed by atoms with Gasteiger partial charge in [-0.2, -0.15) is 0 Å². The topological polar surface area (TPSA) is 102 Å². The van der Waals surface area contributed by atoms with Crippen LogP contribution >= 0.6 is 0 Å². The number of methoxy groups -OCH3 is 2. The van der Waals surface area contributed by atoms with Crippen LogP contribution in [-0.4, -0.2) is 35.7 Å². The molecule has 0 aliphatic carbocycles. The first-order chi connectivity index (χ1) is 12.4. The van der Waals surface area contributed by atoms with E-state index < -0.39 is 11.2 Å². The van der Waals surface area contributed by atoms with Crippen molar-refractivity contribution in [1.29, 1.82) is 0 Å².